The molecule has 2 N–H and O–H groups in total. The maximum Gasteiger partial charge on any atom is 0.241 e. The fourth-order valence-corrected chi connectivity index (χ4v) is 3.90. The van der Waals surface area contributed by atoms with Crippen molar-refractivity contribution in [3.63, 3.8) is 0 Å². The summed E-state index contributed by atoms with van der Waals surface area (Å²) in [5.41, 5.74) is 0.764. The molecule has 0 saturated carbocycles. The Balaban J connectivity index is 1.67. The van der Waals surface area contributed by atoms with Crippen molar-refractivity contribution in [1.29, 1.82) is 0 Å². The van der Waals surface area contributed by atoms with Crippen LogP contribution in [0.4, 0.5) is 14.6 Å². The molecule has 1 aromatic heterocycles. The van der Waals surface area contributed by atoms with E-state index in [1.54, 1.807) is 12.1 Å². The molecule has 1 aromatic carbocycles. The van der Waals surface area contributed by atoms with Gasteiger partial charge in [-0.25, -0.2) is 27.3 Å². The molecular formula is C17H19F2N3O2S. The van der Waals surface area contributed by atoms with Crippen molar-refractivity contribution >= 4 is 15.8 Å². The molecule has 2 heterocycles. The lowest BCUT2D eigenvalue weighted by molar-refractivity contribution is 0.399. The number of halogens is 2. The molecule has 2 aromatic rings. The van der Waals surface area contributed by atoms with E-state index >= 15 is 0 Å². The number of aromatic nitrogens is 1. The number of nitrogens with two attached hydrogens (primary N) is 1. The lowest BCUT2D eigenvalue weighted by Crippen LogP contribution is -2.36. The molecule has 0 atom stereocenters. The summed E-state index contributed by atoms with van der Waals surface area (Å²) in [5.74, 6) is -0.982. The van der Waals surface area contributed by atoms with Gasteiger partial charge in [-0.05, 0) is 55.0 Å². The number of piperidine rings is 1. The predicted octanol–water partition coefficient (Wildman–Crippen LogP) is 2.47. The van der Waals surface area contributed by atoms with Gasteiger partial charge >= 0.3 is 0 Å². The Kier molecular flexibility index (Phi) is 5.01. The van der Waals surface area contributed by atoms with Gasteiger partial charge in [-0.2, -0.15) is 0 Å². The summed E-state index contributed by atoms with van der Waals surface area (Å²) in [6.07, 6.45) is 3.81. The molecule has 1 aliphatic rings. The topological polar surface area (TPSA) is 76.3 Å². The minimum absolute atomic E-state index is 0.0223. The van der Waals surface area contributed by atoms with E-state index in [1.165, 1.54) is 18.3 Å². The Hall–Kier alpha value is -2.06. The first kappa shape index (κ1) is 17.8. The Bertz CT molecular complexity index is 866. The molecule has 134 valence electrons. The monoisotopic (exact) mass is 367 g/mol. The first-order valence-corrected chi connectivity index (χ1v) is 9.56. The fourth-order valence-electron chi connectivity index (χ4n) is 3.19. The van der Waals surface area contributed by atoms with Gasteiger partial charge in [0.1, 0.15) is 10.7 Å². The van der Waals surface area contributed by atoms with Gasteiger partial charge in [0.15, 0.2) is 11.6 Å². The van der Waals surface area contributed by atoms with Gasteiger partial charge in [0.25, 0.3) is 0 Å². The third-order valence-electron chi connectivity index (χ3n) is 4.48. The second kappa shape index (κ2) is 7.05. The SMILES string of the molecule is NS(=O)(=O)c1cccnc1N1CCC(Cc2ccc(F)c(F)c2)CC1. The minimum Gasteiger partial charge on any atom is -0.355 e. The van der Waals surface area contributed by atoms with Gasteiger partial charge < -0.3 is 4.90 Å². The molecule has 0 bridgehead atoms. The van der Waals surface area contributed by atoms with Crippen LogP contribution in [-0.2, 0) is 16.4 Å². The van der Waals surface area contributed by atoms with Crippen LogP contribution in [0.3, 0.4) is 0 Å². The summed E-state index contributed by atoms with van der Waals surface area (Å²) < 4.78 is 49.7. The van der Waals surface area contributed by atoms with Gasteiger partial charge in [-0.3, -0.25) is 0 Å². The van der Waals surface area contributed by atoms with Crippen molar-refractivity contribution in [2.75, 3.05) is 18.0 Å². The molecule has 1 saturated heterocycles. The van der Waals surface area contributed by atoms with Crippen molar-refractivity contribution in [3.05, 3.63) is 53.7 Å². The number of rotatable bonds is 4. The molecule has 1 fully saturated rings. The molecule has 0 spiro atoms. The molecule has 0 radical (unpaired) electrons. The zero-order chi connectivity index (χ0) is 18.0. The number of primary sulfonamides is 1. The van der Waals surface area contributed by atoms with E-state index in [2.05, 4.69) is 4.98 Å². The maximum absolute atomic E-state index is 13.3. The van der Waals surface area contributed by atoms with Crippen molar-refractivity contribution in [2.45, 2.75) is 24.2 Å². The standard InChI is InChI=1S/C17H19F2N3O2S/c18-14-4-3-13(11-15(14)19)10-12-5-8-22(9-6-12)17-16(25(20,23)24)2-1-7-21-17/h1-4,7,11-12H,5-6,8-10H2,(H2,20,23,24). The summed E-state index contributed by atoms with van der Waals surface area (Å²) in [6, 6.07) is 6.97. The first-order chi connectivity index (χ1) is 11.8. The predicted molar refractivity (Wildman–Crippen MR) is 90.6 cm³/mol. The van der Waals surface area contributed by atoms with E-state index < -0.39 is 21.7 Å². The molecular weight excluding hydrogens is 348 g/mol. The van der Waals surface area contributed by atoms with Crippen LogP contribution in [-0.4, -0.2) is 26.5 Å². The highest BCUT2D eigenvalue weighted by atomic mass is 32.2. The summed E-state index contributed by atoms with van der Waals surface area (Å²) in [5, 5.41) is 5.26. The number of pyridine rings is 1. The van der Waals surface area contributed by atoms with Crippen LogP contribution in [0.5, 0.6) is 0 Å². The first-order valence-electron chi connectivity index (χ1n) is 8.01. The molecule has 0 aliphatic carbocycles. The fraction of sp³-hybridized carbons (Fsp3) is 0.353. The largest absolute Gasteiger partial charge is 0.355 e. The number of anilines is 1. The highest BCUT2D eigenvalue weighted by Crippen LogP contribution is 2.28. The normalized spacial score (nSPS) is 16.2. The Morgan fingerprint density at radius 1 is 1.16 bits per heavy atom. The van der Waals surface area contributed by atoms with Crippen LogP contribution in [0.15, 0.2) is 41.4 Å². The van der Waals surface area contributed by atoms with E-state index in [0.717, 1.165) is 24.5 Å². The van der Waals surface area contributed by atoms with E-state index in [4.69, 9.17) is 5.14 Å². The summed E-state index contributed by atoms with van der Waals surface area (Å²) in [4.78, 5) is 6.10. The lowest BCUT2D eigenvalue weighted by atomic mass is 9.90. The highest BCUT2D eigenvalue weighted by Gasteiger charge is 2.25. The van der Waals surface area contributed by atoms with Crippen LogP contribution in [0.1, 0.15) is 18.4 Å². The van der Waals surface area contributed by atoms with Gasteiger partial charge in [0, 0.05) is 19.3 Å². The summed E-state index contributed by atoms with van der Waals surface area (Å²) in [6.45, 7) is 1.27. The Morgan fingerprint density at radius 2 is 1.88 bits per heavy atom. The molecule has 0 unspecified atom stereocenters. The van der Waals surface area contributed by atoms with Crippen LogP contribution < -0.4 is 10.0 Å². The van der Waals surface area contributed by atoms with Gasteiger partial charge in [-0.1, -0.05) is 6.07 Å². The van der Waals surface area contributed by atoms with E-state index in [0.29, 0.717) is 31.2 Å². The van der Waals surface area contributed by atoms with E-state index in [1.807, 2.05) is 4.90 Å². The van der Waals surface area contributed by atoms with Crippen molar-refractivity contribution in [3.8, 4) is 0 Å². The summed E-state index contributed by atoms with van der Waals surface area (Å²) in [7, 11) is -3.84. The molecule has 3 rings (SSSR count). The average molecular weight is 367 g/mol. The third-order valence-corrected chi connectivity index (χ3v) is 5.41. The second-order valence-electron chi connectivity index (χ2n) is 6.25. The zero-order valence-electron chi connectivity index (χ0n) is 13.5. The smallest absolute Gasteiger partial charge is 0.241 e. The van der Waals surface area contributed by atoms with Crippen molar-refractivity contribution in [1.82, 2.24) is 4.98 Å². The second-order valence-corrected chi connectivity index (χ2v) is 7.78. The van der Waals surface area contributed by atoms with Crippen molar-refractivity contribution in [2.24, 2.45) is 11.1 Å². The maximum atomic E-state index is 13.3. The third kappa shape index (κ3) is 4.13. The number of sulfonamides is 1. The number of nitrogens with zero attached hydrogens (tertiary/aromatic N) is 2. The molecule has 8 heteroatoms. The molecule has 0 amide bonds. The van der Waals surface area contributed by atoms with E-state index in [9.17, 15) is 17.2 Å². The lowest BCUT2D eigenvalue weighted by Gasteiger charge is -2.33. The van der Waals surface area contributed by atoms with Crippen LogP contribution in [0.25, 0.3) is 0 Å². The number of benzene rings is 1. The van der Waals surface area contributed by atoms with Crippen LogP contribution in [0, 0.1) is 17.6 Å². The van der Waals surface area contributed by atoms with Crippen LogP contribution in [0.2, 0.25) is 0 Å². The molecule has 25 heavy (non-hydrogen) atoms. The Morgan fingerprint density at radius 3 is 2.52 bits per heavy atom. The van der Waals surface area contributed by atoms with Gasteiger partial charge in [0.05, 0.1) is 0 Å². The average Bonchev–Trinajstić information content (AvgIpc) is 2.58. The molecule has 5 nitrogen and oxygen atoms in total. The highest BCUT2D eigenvalue weighted by molar-refractivity contribution is 7.89. The Labute approximate surface area is 145 Å². The minimum atomic E-state index is -3.84. The van der Waals surface area contributed by atoms with E-state index in [-0.39, 0.29) is 4.90 Å². The molecule has 1 aliphatic heterocycles. The van der Waals surface area contributed by atoms with Crippen LogP contribution >= 0.6 is 0 Å². The van der Waals surface area contributed by atoms with Gasteiger partial charge in [-0.15, -0.1) is 0 Å². The number of hydrogen-bond donors (Lipinski definition) is 1. The quantitative estimate of drug-likeness (QED) is 0.901. The van der Waals surface area contributed by atoms with Crippen molar-refractivity contribution < 1.29 is 17.2 Å². The zero-order valence-corrected chi connectivity index (χ0v) is 14.3. The number of hydrogen-bond acceptors (Lipinski definition) is 4. The summed E-state index contributed by atoms with van der Waals surface area (Å²) >= 11 is 0. The van der Waals surface area contributed by atoms with Gasteiger partial charge in [0.2, 0.25) is 10.0 Å².